The molecule has 2 heteroatoms. The van der Waals surface area contributed by atoms with Crippen LogP contribution in [0.4, 0.5) is 0 Å². The smallest absolute Gasteiger partial charge is 0.178 e. The van der Waals surface area contributed by atoms with Crippen LogP contribution in [0.5, 0.6) is 0 Å². The van der Waals surface area contributed by atoms with Crippen LogP contribution in [-0.4, -0.2) is 13.5 Å². The molecule has 9 heavy (non-hydrogen) atoms. The van der Waals surface area contributed by atoms with Crippen molar-refractivity contribution in [1.82, 2.24) is 5.23 Å². The second-order valence-corrected chi connectivity index (χ2v) is 2.61. The first-order valence-corrected chi connectivity index (χ1v) is 3.20. The van der Waals surface area contributed by atoms with E-state index in [0.29, 0.717) is 0 Å². The highest BCUT2D eigenvalue weighted by atomic mass is 14.9. The first kappa shape index (κ1) is 8.76. The van der Waals surface area contributed by atoms with Crippen LogP contribution in [0.3, 0.4) is 0 Å². The van der Waals surface area contributed by atoms with Crippen LogP contribution in [0.25, 0.3) is 0 Å². The molecule has 0 fully saturated rings. The number of hydrogen-bond acceptors (Lipinski definition) is 1. The Labute approximate surface area is 59.0 Å². The summed E-state index contributed by atoms with van der Waals surface area (Å²) in [6.45, 7) is 9.92. The molecule has 0 aliphatic carbocycles. The zero-order valence-electron chi connectivity index (χ0n) is 6.49. The molecule has 0 aromatic rings. The van der Waals surface area contributed by atoms with Gasteiger partial charge in [0.15, 0.2) is 7.98 Å². The van der Waals surface area contributed by atoms with Gasteiger partial charge in [-0.3, -0.25) is 0 Å². The summed E-state index contributed by atoms with van der Waals surface area (Å²) >= 11 is 0. The van der Waals surface area contributed by atoms with Crippen molar-refractivity contribution in [2.75, 3.05) is 0 Å². The van der Waals surface area contributed by atoms with E-state index in [-0.39, 0.29) is 5.54 Å². The zero-order chi connectivity index (χ0) is 7.49. The number of nitrogens with one attached hydrogen (secondary N) is 1. The third kappa shape index (κ3) is 1.86. The van der Waals surface area contributed by atoms with Crippen LogP contribution in [0.15, 0.2) is 12.2 Å². The molecule has 0 rings (SSSR count). The van der Waals surface area contributed by atoms with Crippen molar-refractivity contribution in [3.8, 4) is 0 Å². The lowest BCUT2D eigenvalue weighted by molar-refractivity contribution is 0.488. The first-order valence-electron chi connectivity index (χ1n) is 3.20. The first-order chi connectivity index (χ1) is 4.06. The monoisotopic (exact) mass is 123 g/mol. The lowest BCUT2D eigenvalue weighted by Crippen LogP contribution is -2.40. The summed E-state index contributed by atoms with van der Waals surface area (Å²) in [5.74, 6) is 0. The lowest BCUT2D eigenvalue weighted by Gasteiger charge is -2.28. The van der Waals surface area contributed by atoms with Gasteiger partial charge in [0, 0.05) is 5.54 Å². The van der Waals surface area contributed by atoms with E-state index in [1.54, 1.807) is 0 Å². The molecule has 1 N–H and O–H groups in total. The average Bonchev–Trinajstić information content (AvgIpc) is 1.86. The maximum absolute atomic E-state index is 5.31. The molecule has 0 aromatic heterocycles. The van der Waals surface area contributed by atoms with Crippen LogP contribution in [-0.2, 0) is 0 Å². The Morgan fingerprint density at radius 3 is 2.22 bits per heavy atom. The van der Waals surface area contributed by atoms with Gasteiger partial charge in [-0.25, -0.2) is 0 Å². The van der Waals surface area contributed by atoms with E-state index in [9.17, 15) is 0 Å². The molecule has 0 amide bonds. The minimum Gasteiger partial charge on any atom is -0.358 e. The Kier molecular flexibility index (Phi) is 2.99. The third-order valence-electron chi connectivity index (χ3n) is 1.97. The summed E-state index contributed by atoms with van der Waals surface area (Å²) in [7, 11) is 5.31. The summed E-state index contributed by atoms with van der Waals surface area (Å²) in [6, 6.07) is 0. The topological polar surface area (TPSA) is 12.0 Å². The lowest BCUT2D eigenvalue weighted by atomic mass is 9.89. The standard InChI is InChI=1S/C7H14BN/c1-5-7(4,9-8)6(2)3/h9H,2,5H2,1,3-4H3. The fourth-order valence-electron chi connectivity index (χ4n) is 0.527. The number of hydrogen-bond donors (Lipinski definition) is 1. The predicted molar refractivity (Wildman–Crippen MR) is 42.4 cm³/mol. The zero-order valence-corrected chi connectivity index (χ0v) is 6.49. The Bertz CT molecular complexity index is 105. The SMILES string of the molecule is [B]NC(C)(CC)C(=C)C. The molecule has 0 aliphatic heterocycles. The van der Waals surface area contributed by atoms with Gasteiger partial charge >= 0.3 is 0 Å². The van der Waals surface area contributed by atoms with Crippen molar-refractivity contribution >= 4 is 7.98 Å². The van der Waals surface area contributed by atoms with Gasteiger partial charge in [0.05, 0.1) is 0 Å². The third-order valence-corrected chi connectivity index (χ3v) is 1.97. The summed E-state index contributed by atoms with van der Waals surface area (Å²) in [6.07, 6.45) is 0.971. The summed E-state index contributed by atoms with van der Waals surface area (Å²) in [5.41, 5.74) is 0.993. The van der Waals surface area contributed by atoms with Gasteiger partial charge < -0.3 is 5.23 Å². The van der Waals surface area contributed by atoms with E-state index in [1.165, 1.54) is 0 Å². The Balaban J connectivity index is 4.09. The molecule has 0 aromatic carbocycles. The Morgan fingerprint density at radius 1 is 1.78 bits per heavy atom. The van der Waals surface area contributed by atoms with Crippen molar-refractivity contribution in [2.45, 2.75) is 32.7 Å². The Morgan fingerprint density at radius 2 is 2.22 bits per heavy atom. The highest BCUT2D eigenvalue weighted by Gasteiger charge is 2.18. The van der Waals surface area contributed by atoms with E-state index in [2.05, 4.69) is 18.7 Å². The van der Waals surface area contributed by atoms with Gasteiger partial charge in [-0.2, -0.15) is 0 Å². The van der Waals surface area contributed by atoms with Crippen molar-refractivity contribution in [1.29, 1.82) is 0 Å². The largest absolute Gasteiger partial charge is 0.358 e. The molecule has 0 spiro atoms. The van der Waals surface area contributed by atoms with Gasteiger partial charge in [0.1, 0.15) is 0 Å². The van der Waals surface area contributed by atoms with E-state index in [1.807, 2.05) is 13.8 Å². The van der Waals surface area contributed by atoms with Crippen LogP contribution in [0.1, 0.15) is 27.2 Å². The summed E-state index contributed by atoms with van der Waals surface area (Å²) in [4.78, 5) is 0. The van der Waals surface area contributed by atoms with E-state index >= 15 is 0 Å². The minimum absolute atomic E-state index is 0.0833. The molecule has 50 valence electrons. The molecule has 1 unspecified atom stereocenters. The molecule has 0 heterocycles. The van der Waals surface area contributed by atoms with Gasteiger partial charge in [-0.05, 0) is 20.3 Å². The predicted octanol–water partition coefficient (Wildman–Crippen LogP) is 1.40. The normalized spacial score (nSPS) is 16.8. The van der Waals surface area contributed by atoms with Crippen molar-refractivity contribution in [3.63, 3.8) is 0 Å². The van der Waals surface area contributed by atoms with Gasteiger partial charge in [0.2, 0.25) is 0 Å². The molecule has 1 atom stereocenters. The van der Waals surface area contributed by atoms with Gasteiger partial charge in [0.25, 0.3) is 0 Å². The second kappa shape index (κ2) is 3.07. The highest BCUT2D eigenvalue weighted by molar-refractivity contribution is 6.05. The fraction of sp³-hybridized carbons (Fsp3) is 0.714. The van der Waals surface area contributed by atoms with Gasteiger partial charge in [-0.15, -0.1) is 0 Å². The quantitative estimate of drug-likeness (QED) is 0.441. The highest BCUT2D eigenvalue weighted by Crippen LogP contribution is 2.16. The van der Waals surface area contributed by atoms with E-state index in [4.69, 9.17) is 7.98 Å². The van der Waals surface area contributed by atoms with E-state index in [0.717, 1.165) is 12.0 Å². The van der Waals surface area contributed by atoms with Crippen molar-refractivity contribution < 1.29 is 0 Å². The van der Waals surface area contributed by atoms with Crippen molar-refractivity contribution in [3.05, 3.63) is 12.2 Å². The van der Waals surface area contributed by atoms with Crippen LogP contribution >= 0.6 is 0 Å². The summed E-state index contributed by atoms with van der Waals surface area (Å²) < 4.78 is 0. The molecular weight excluding hydrogens is 109 g/mol. The van der Waals surface area contributed by atoms with Crippen LogP contribution < -0.4 is 5.23 Å². The Hall–Kier alpha value is -0.235. The maximum atomic E-state index is 5.31. The molecule has 2 radical (unpaired) electrons. The summed E-state index contributed by atoms with van der Waals surface area (Å²) in [5, 5.41) is 2.73. The van der Waals surface area contributed by atoms with Crippen LogP contribution in [0.2, 0.25) is 0 Å². The fourth-order valence-corrected chi connectivity index (χ4v) is 0.527. The van der Waals surface area contributed by atoms with Gasteiger partial charge in [-0.1, -0.05) is 19.1 Å². The second-order valence-electron chi connectivity index (χ2n) is 2.61. The number of rotatable bonds is 3. The molecule has 0 bridgehead atoms. The molecule has 0 saturated carbocycles. The maximum Gasteiger partial charge on any atom is 0.178 e. The molecule has 0 saturated heterocycles. The van der Waals surface area contributed by atoms with Crippen molar-refractivity contribution in [2.24, 2.45) is 0 Å². The molecule has 0 aliphatic rings. The molecular formula is C7H14BN. The van der Waals surface area contributed by atoms with Crippen LogP contribution in [0, 0.1) is 0 Å². The molecule has 1 nitrogen and oxygen atoms in total. The van der Waals surface area contributed by atoms with E-state index < -0.39 is 0 Å². The minimum atomic E-state index is -0.0833. The average molecular weight is 123 g/mol.